The Bertz CT molecular complexity index is 544. The molecule has 2 nitrogen and oxygen atoms in total. The molecule has 0 unspecified atom stereocenters. The van der Waals surface area contributed by atoms with Gasteiger partial charge in [0, 0.05) is 26.2 Å². The van der Waals surface area contributed by atoms with Gasteiger partial charge in [-0.2, -0.15) is 0 Å². The molecule has 1 rings (SSSR count). The van der Waals surface area contributed by atoms with Crippen molar-refractivity contribution in [3.05, 3.63) is 35.4 Å². The summed E-state index contributed by atoms with van der Waals surface area (Å²) in [4.78, 5) is 4.39. The van der Waals surface area contributed by atoms with E-state index in [0.717, 1.165) is 39.0 Å². The van der Waals surface area contributed by atoms with Crippen LogP contribution in [0.15, 0.2) is 24.3 Å². The summed E-state index contributed by atoms with van der Waals surface area (Å²) in [5.74, 6) is 0. The lowest BCUT2D eigenvalue weighted by atomic mass is 10.1. The number of benzene rings is 1. The highest BCUT2D eigenvalue weighted by Gasteiger charge is 2.10. The van der Waals surface area contributed by atoms with Crippen molar-refractivity contribution in [3.8, 4) is 0 Å². The average Bonchev–Trinajstić information content (AvgIpc) is 2.66. The lowest BCUT2D eigenvalue weighted by molar-refractivity contribution is 0.402. The zero-order chi connectivity index (χ0) is 20.8. The Morgan fingerprint density at radius 3 is 1.54 bits per heavy atom. The Morgan fingerprint density at radius 2 is 1.18 bits per heavy atom. The van der Waals surface area contributed by atoms with Gasteiger partial charge in [-0.15, -0.1) is 25.3 Å². The molecule has 1 aromatic rings. The van der Waals surface area contributed by atoms with Crippen LogP contribution in [0, 0.1) is 0 Å². The fraction of sp³-hybridized carbons (Fsp3) is 0.636. The fourth-order valence-electron chi connectivity index (χ4n) is 3.21. The van der Waals surface area contributed by atoms with Crippen molar-refractivity contribution in [2.45, 2.75) is 78.3 Å². The van der Waals surface area contributed by atoms with Crippen LogP contribution >= 0.6 is 49.7 Å². The number of thiocarbonyl (C=S) groups is 2. The number of unbranched alkanes of at least 4 members (excludes halogenated alkanes) is 6. The van der Waals surface area contributed by atoms with Gasteiger partial charge in [-0.25, -0.2) is 0 Å². The molecule has 0 aromatic heterocycles. The SMILES string of the molecule is CCCCCCN(Cc1cccc(CN(CCCCCC)C(=S)S)c1)C(=S)S. The fourth-order valence-corrected chi connectivity index (χ4v) is 3.86. The smallest absolute Gasteiger partial charge is 0.133 e. The second-order valence-electron chi connectivity index (χ2n) is 7.35. The van der Waals surface area contributed by atoms with Gasteiger partial charge in [0.1, 0.15) is 8.64 Å². The molecule has 0 spiro atoms. The number of hydrogen-bond donors (Lipinski definition) is 2. The average molecular weight is 457 g/mol. The highest BCUT2D eigenvalue weighted by molar-refractivity contribution is 8.11. The Labute approximate surface area is 194 Å². The van der Waals surface area contributed by atoms with Crippen LogP contribution in [0.2, 0.25) is 0 Å². The van der Waals surface area contributed by atoms with Gasteiger partial charge in [-0.05, 0) is 24.0 Å². The van der Waals surface area contributed by atoms with Gasteiger partial charge >= 0.3 is 0 Å². The van der Waals surface area contributed by atoms with Crippen LogP contribution in [-0.2, 0) is 13.1 Å². The van der Waals surface area contributed by atoms with Crippen molar-refractivity contribution in [3.63, 3.8) is 0 Å². The van der Waals surface area contributed by atoms with E-state index in [-0.39, 0.29) is 0 Å². The van der Waals surface area contributed by atoms with Crippen LogP contribution in [0.25, 0.3) is 0 Å². The zero-order valence-electron chi connectivity index (χ0n) is 17.4. The first-order chi connectivity index (χ1) is 13.5. The molecular weight excluding hydrogens is 421 g/mol. The normalized spacial score (nSPS) is 10.7. The second-order valence-corrected chi connectivity index (χ2v) is 9.58. The van der Waals surface area contributed by atoms with Crippen LogP contribution in [0.3, 0.4) is 0 Å². The maximum atomic E-state index is 5.36. The topological polar surface area (TPSA) is 6.48 Å². The molecule has 1 aromatic carbocycles. The highest BCUT2D eigenvalue weighted by Crippen LogP contribution is 2.15. The maximum Gasteiger partial charge on any atom is 0.133 e. The first kappa shape index (κ1) is 25.7. The van der Waals surface area contributed by atoms with Gasteiger partial charge in [0.15, 0.2) is 0 Å². The summed E-state index contributed by atoms with van der Waals surface area (Å²) in [6.45, 7) is 8.02. The maximum absolute atomic E-state index is 5.36. The quantitative estimate of drug-likeness (QED) is 0.179. The Morgan fingerprint density at radius 1 is 0.750 bits per heavy atom. The summed E-state index contributed by atoms with van der Waals surface area (Å²) in [6.07, 6.45) is 9.86. The Balaban J connectivity index is 2.66. The lowest BCUT2D eigenvalue weighted by Gasteiger charge is -2.25. The van der Waals surface area contributed by atoms with Gasteiger partial charge in [0.2, 0.25) is 0 Å². The lowest BCUT2D eigenvalue weighted by Crippen LogP contribution is -2.28. The molecule has 0 atom stereocenters. The molecule has 0 radical (unpaired) electrons. The van der Waals surface area contributed by atoms with Gasteiger partial charge in [0.25, 0.3) is 0 Å². The molecule has 0 heterocycles. The number of thiol groups is 2. The predicted octanol–water partition coefficient (Wildman–Crippen LogP) is 6.88. The first-order valence-corrected chi connectivity index (χ1v) is 12.2. The van der Waals surface area contributed by atoms with E-state index in [1.54, 1.807) is 0 Å². The summed E-state index contributed by atoms with van der Waals surface area (Å²) in [6, 6.07) is 8.72. The third-order valence-electron chi connectivity index (χ3n) is 4.84. The van der Waals surface area contributed by atoms with Gasteiger partial charge in [-0.3, -0.25) is 0 Å². The molecule has 28 heavy (non-hydrogen) atoms. The van der Waals surface area contributed by atoms with Gasteiger partial charge in [0.05, 0.1) is 0 Å². The molecule has 158 valence electrons. The van der Waals surface area contributed by atoms with E-state index >= 15 is 0 Å². The first-order valence-electron chi connectivity index (χ1n) is 10.5. The molecule has 0 fully saturated rings. The number of nitrogens with zero attached hydrogens (tertiary/aromatic N) is 2. The Hall–Kier alpha value is -0.300. The summed E-state index contributed by atoms with van der Waals surface area (Å²) < 4.78 is 1.35. The second kappa shape index (κ2) is 15.5. The van der Waals surface area contributed by atoms with Gasteiger partial charge < -0.3 is 9.80 Å². The van der Waals surface area contributed by atoms with Crippen LogP contribution in [0.4, 0.5) is 0 Å². The van der Waals surface area contributed by atoms with E-state index in [9.17, 15) is 0 Å². The minimum absolute atomic E-state index is 0.677. The van der Waals surface area contributed by atoms with Crippen molar-refractivity contribution >= 4 is 58.3 Å². The van der Waals surface area contributed by atoms with E-state index in [4.69, 9.17) is 24.4 Å². The molecule has 6 heteroatoms. The molecule has 0 aliphatic heterocycles. The Kier molecular flexibility index (Phi) is 14.3. The van der Waals surface area contributed by atoms with Crippen molar-refractivity contribution in [2.24, 2.45) is 0 Å². The molecule has 0 aliphatic carbocycles. The van der Waals surface area contributed by atoms with Crippen LogP contribution < -0.4 is 0 Å². The molecule has 0 saturated carbocycles. The van der Waals surface area contributed by atoms with E-state index in [1.807, 2.05) is 0 Å². The third kappa shape index (κ3) is 11.0. The molecule has 0 amide bonds. The summed E-state index contributed by atoms with van der Waals surface area (Å²) in [7, 11) is 0. The molecule has 0 saturated heterocycles. The van der Waals surface area contributed by atoms with Crippen molar-refractivity contribution in [1.29, 1.82) is 0 Å². The summed E-state index contributed by atoms with van der Waals surface area (Å²) >= 11 is 19.6. The van der Waals surface area contributed by atoms with Gasteiger partial charge in [-0.1, -0.05) is 101 Å². The number of rotatable bonds is 14. The third-order valence-corrected chi connectivity index (χ3v) is 5.92. The monoisotopic (exact) mass is 456 g/mol. The highest BCUT2D eigenvalue weighted by atomic mass is 32.1. The zero-order valence-corrected chi connectivity index (χ0v) is 20.8. The summed E-state index contributed by atoms with van der Waals surface area (Å²) in [5.41, 5.74) is 2.53. The predicted molar refractivity (Wildman–Crippen MR) is 139 cm³/mol. The molecular formula is C22H36N2S4. The minimum atomic E-state index is 0.677. The van der Waals surface area contributed by atoms with Crippen molar-refractivity contribution < 1.29 is 0 Å². The standard InChI is InChI=1S/C22H36N2S4/c1-3-5-7-9-14-23(21(25)26)17-19-12-11-13-20(16-19)18-24(22(27)28)15-10-8-6-4-2/h11-13,16H,3-10,14-15,17-18H2,1-2H3,(H,25,26)(H,27,28). The van der Waals surface area contributed by atoms with E-state index in [1.165, 1.54) is 49.7 Å². The van der Waals surface area contributed by atoms with Crippen molar-refractivity contribution in [1.82, 2.24) is 9.80 Å². The molecule has 0 aliphatic rings. The summed E-state index contributed by atoms with van der Waals surface area (Å²) in [5, 5.41) is 0. The largest absolute Gasteiger partial charge is 0.353 e. The minimum Gasteiger partial charge on any atom is -0.353 e. The number of hydrogen-bond acceptors (Lipinski definition) is 2. The van der Waals surface area contributed by atoms with E-state index in [0.29, 0.717) is 8.64 Å². The van der Waals surface area contributed by atoms with E-state index < -0.39 is 0 Å². The van der Waals surface area contributed by atoms with Crippen LogP contribution in [0.5, 0.6) is 0 Å². The van der Waals surface area contributed by atoms with E-state index in [2.05, 4.69) is 73.2 Å². The van der Waals surface area contributed by atoms with Crippen LogP contribution in [-0.4, -0.2) is 31.5 Å². The van der Waals surface area contributed by atoms with Crippen molar-refractivity contribution in [2.75, 3.05) is 13.1 Å². The van der Waals surface area contributed by atoms with Crippen LogP contribution in [0.1, 0.15) is 76.3 Å². The molecule has 0 bridgehead atoms. The molecule has 0 N–H and O–H groups in total.